The molecule has 5 nitrogen and oxygen atoms in total. The number of halogens is 4. The Hall–Kier alpha value is -2.74. The van der Waals surface area contributed by atoms with Gasteiger partial charge in [-0.25, -0.2) is 4.68 Å². The summed E-state index contributed by atoms with van der Waals surface area (Å²) in [7, 11) is 0. The van der Waals surface area contributed by atoms with Crippen LogP contribution in [-0.4, -0.2) is 15.7 Å². The zero-order valence-corrected chi connectivity index (χ0v) is 12.6. The fourth-order valence-electron chi connectivity index (χ4n) is 2.06. The van der Waals surface area contributed by atoms with Gasteiger partial charge in [0, 0.05) is 12.4 Å². The number of carbonyl (C=O) groups is 1. The van der Waals surface area contributed by atoms with Crippen molar-refractivity contribution in [2.75, 3.05) is 5.32 Å². The molecule has 0 spiro atoms. The zero-order chi connectivity index (χ0) is 17.3. The molecule has 2 aromatic heterocycles. The molecule has 0 unspecified atom stereocenters. The van der Waals surface area contributed by atoms with E-state index in [0.29, 0.717) is 0 Å². The number of amides is 1. The summed E-state index contributed by atoms with van der Waals surface area (Å²) in [5, 5.41) is 6.02. The molecule has 1 N–H and O–H groups in total. The lowest BCUT2D eigenvalue weighted by atomic mass is 10.1. The summed E-state index contributed by atoms with van der Waals surface area (Å²) in [5.41, 5.74) is -1.18. The number of furan rings is 1. The Bertz CT molecular complexity index is 872. The molecule has 0 saturated heterocycles. The molecule has 0 radical (unpaired) electrons. The number of aromatic nitrogens is 2. The van der Waals surface area contributed by atoms with Gasteiger partial charge in [-0.15, -0.1) is 0 Å². The first-order valence-electron chi connectivity index (χ1n) is 6.62. The normalized spacial score (nSPS) is 11.5. The molecule has 0 atom stereocenters. The van der Waals surface area contributed by atoms with Gasteiger partial charge in [0.1, 0.15) is 0 Å². The first-order chi connectivity index (χ1) is 11.3. The predicted octanol–water partition coefficient (Wildman–Crippen LogP) is 4.39. The lowest BCUT2D eigenvalue weighted by molar-refractivity contribution is -0.136. The number of rotatable bonds is 3. The molecule has 0 aliphatic carbocycles. The van der Waals surface area contributed by atoms with Crippen molar-refractivity contribution < 1.29 is 22.4 Å². The smallest absolute Gasteiger partial charge is 0.418 e. The summed E-state index contributed by atoms with van der Waals surface area (Å²) < 4.78 is 46.1. The molecule has 9 heteroatoms. The van der Waals surface area contributed by atoms with E-state index >= 15 is 0 Å². The highest BCUT2D eigenvalue weighted by Crippen LogP contribution is 2.36. The number of carbonyl (C=O) groups excluding carboxylic acids is 1. The molecule has 0 aliphatic rings. The Morgan fingerprint density at radius 1 is 1.25 bits per heavy atom. The quantitative estimate of drug-likeness (QED) is 0.758. The van der Waals surface area contributed by atoms with Gasteiger partial charge in [-0.3, -0.25) is 4.79 Å². The van der Waals surface area contributed by atoms with Crippen molar-refractivity contribution in [3.05, 3.63) is 65.3 Å². The molecular formula is C15H9ClF3N3O2. The topological polar surface area (TPSA) is 60.1 Å². The number of benzene rings is 1. The minimum Gasteiger partial charge on any atom is -0.440 e. The van der Waals surface area contributed by atoms with Gasteiger partial charge in [0.2, 0.25) is 0 Å². The Kier molecular flexibility index (Phi) is 4.06. The van der Waals surface area contributed by atoms with Crippen LogP contribution in [0.4, 0.5) is 18.9 Å². The van der Waals surface area contributed by atoms with Crippen LogP contribution in [0.2, 0.25) is 5.22 Å². The highest BCUT2D eigenvalue weighted by Gasteiger charge is 2.34. The number of nitrogens with zero attached hydrogens (tertiary/aromatic N) is 2. The van der Waals surface area contributed by atoms with Gasteiger partial charge in [-0.2, -0.15) is 18.3 Å². The molecule has 1 amide bonds. The summed E-state index contributed by atoms with van der Waals surface area (Å²) in [6.45, 7) is 0. The predicted molar refractivity (Wildman–Crippen MR) is 80.2 cm³/mol. The average molecular weight is 356 g/mol. The van der Waals surface area contributed by atoms with E-state index in [1.165, 1.54) is 35.3 Å². The third-order valence-corrected chi connectivity index (χ3v) is 3.33. The van der Waals surface area contributed by atoms with Crippen LogP contribution in [0.5, 0.6) is 0 Å². The van der Waals surface area contributed by atoms with E-state index in [0.717, 1.165) is 12.1 Å². The highest BCUT2D eigenvalue weighted by molar-refractivity contribution is 6.29. The standard InChI is InChI=1S/C15H9ClF3N3O2/c16-13-5-4-12(24-13)14(23)21-11-3-2-9(22-7-1-6-20-22)8-10(11)15(17,18)19/h1-8H,(H,21,23). The molecule has 124 valence electrons. The summed E-state index contributed by atoms with van der Waals surface area (Å²) in [5.74, 6) is -1.02. The van der Waals surface area contributed by atoms with Crippen molar-refractivity contribution in [1.29, 1.82) is 0 Å². The van der Waals surface area contributed by atoms with Crippen molar-refractivity contribution in [3.8, 4) is 5.69 Å². The molecule has 0 aliphatic heterocycles. The van der Waals surface area contributed by atoms with E-state index in [1.807, 2.05) is 0 Å². The van der Waals surface area contributed by atoms with Gasteiger partial charge in [0.15, 0.2) is 11.0 Å². The zero-order valence-electron chi connectivity index (χ0n) is 11.8. The lowest BCUT2D eigenvalue weighted by Gasteiger charge is -2.15. The maximum Gasteiger partial charge on any atom is 0.418 e. The molecule has 24 heavy (non-hydrogen) atoms. The van der Waals surface area contributed by atoms with Crippen LogP contribution in [0, 0.1) is 0 Å². The van der Waals surface area contributed by atoms with E-state index in [1.54, 1.807) is 6.07 Å². The molecule has 0 saturated carbocycles. The minimum absolute atomic E-state index is 0.0368. The molecule has 0 fully saturated rings. The third kappa shape index (κ3) is 3.28. The summed E-state index contributed by atoms with van der Waals surface area (Å²) >= 11 is 5.55. The molecule has 3 rings (SSSR count). The fraction of sp³-hybridized carbons (Fsp3) is 0.0667. The van der Waals surface area contributed by atoms with Gasteiger partial charge in [0.25, 0.3) is 5.91 Å². The van der Waals surface area contributed by atoms with E-state index in [9.17, 15) is 18.0 Å². The van der Waals surface area contributed by atoms with Crippen molar-refractivity contribution in [3.63, 3.8) is 0 Å². The van der Waals surface area contributed by atoms with E-state index in [-0.39, 0.29) is 16.7 Å². The third-order valence-electron chi connectivity index (χ3n) is 3.12. The van der Waals surface area contributed by atoms with Crippen LogP contribution in [0.15, 0.2) is 53.2 Å². The van der Waals surface area contributed by atoms with Gasteiger partial charge in [-0.1, -0.05) is 0 Å². The van der Waals surface area contributed by atoms with Gasteiger partial charge < -0.3 is 9.73 Å². The number of hydrogen-bond acceptors (Lipinski definition) is 3. The second kappa shape index (κ2) is 6.04. The fourth-order valence-corrected chi connectivity index (χ4v) is 2.21. The second-order valence-electron chi connectivity index (χ2n) is 4.74. The van der Waals surface area contributed by atoms with Gasteiger partial charge in [0.05, 0.1) is 16.9 Å². The molecule has 0 bridgehead atoms. The van der Waals surface area contributed by atoms with E-state index in [2.05, 4.69) is 10.4 Å². The first kappa shape index (κ1) is 16.1. The van der Waals surface area contributed by atoms with Crippen LogP contribution in [0.25, 0.3) is 5.69 Å². The van der Waals surface area contributed by atoms with Crippen LogP contribution >= 0.6 is 11.6 Å². The van der Waals surface area contributed by atoms with E-state index < -0.39 is 23.3 Å². The Morgan fingerprint density at radius 2 is 2.04 bits per heavy atom. The van der Waals surface area contributed by atoms with Crippen LogP contribution in [0.3, 0.4) is 0 Å². The lowest BCUT2D eigenvalue weighted by Crippen LogP contribution is -2.16. The average Bonchev–Trinajstić information content (AvgIpc) is 3.18. The molecule has 3 aromatic rings. The molecular weight excluding hydrogens is 347 g/mol. The largest absolute Gasteiger partial charge is 0.440 e. The first-order valence-corrected chi connectivity index (χ1v) is 7.00. The van der Waals surface area contributed by atoms with Crippen LogP contribution in [0.1, 0.15) is 16.1 Å². The van der Waals surface area contributed by atoms with Crippen LogP contribution in [-0.2, 0) is 6.18 Å². The van der Waals surface area contributed by atoms with Crippen LogP contribution < -0.4 is 5.32 Å². The SMILES string of the molecule is O=C(Nc1ccc(-n2cccn2)cc1C(F)(F)F)c1ccc(Cl)o1. The molecule has 1 aromatic carbocycles. The maximum absolute atomic E-state index is 13.3. The van der Waals surface area contributed by atoms with Crippen molar-refractivity contribution in [2.45, 2.75) is 6.18 Å². The number of alkyl halides is 3. The number of anilines is 1. The van der Waals surface area contributed by atoms with Gasteiger partial charge >= 0.3 is 6.18 Å². The van der Waals surface area contributed by atoms with E-state index in [4.69, 9.17) is 16.0 Å². The minimum atomic E-state index is -4.66. The number of hydrogen-bond donors (Lipinski definition) is 1. The Balaban J connectivity index is 1.96. The summed E-state index contributed by atoms with van der Waals surface area (Å²) in [6.07, 6.45) is -1.70. The Morgan fingerprint density at radius 3 is 2.62 bits per heavy atom. The maximum atomic E-state index is 13.3. The highest BCUT2D eigenvalue weighted by atomic mass is 35.5. The number of nitrogens with one attached hydrogen (secondary N) is 1. The van der Waals surface area contributed by atoms with Crippen molar-refractivity contribution in [2.24, 2.45) is 0 Å². The van der Waals surface area contributed by atoms with Crippen molar-refractivity contribution >= 4 is 23.2 Å². The summed E-state index contributed by atoms with van der Waals surface area (Å²) in [6, 6.07) is 7.64. The van der Waals surface area contributed by atoms with Crippen molar-refractivity contribution in [1.82, 2.24) is 9.78 Å². The second-order valence-corrected chi connectivity index (χ2v) is 5.11. The summed E-state index contributed by atoms with van der Waals surface area (Å²) in [4.78, 5) is 12.0. The van der Waals surface area contributed by atoms with Gasteiger partial charge in [-0.05, 0) is 48.0 Å². The molecule has 2 heterocycles. The Labute approximate surface area is 138 Å². The monoisotopic (exact) mass is 355 g/mol.